The van der Waals surface area contributed by atoms with E-state index in [1.165, 1.54) is 4.90 Å². The third kappa shape index (κ3) is 6.06. The molecule has 88 valence electrons. The number of hydrogen-bond acceptors (Lipinski definition) is 3. The van der Waals surface area contributed by atoms with E-state index in [1.54, 1.807) is 7.05 Å². The summed E-state index contributed by atoms with van der Waals surface area (Å²) in [4.78, 5) is 23.3. The molecule has 0 aromatic carbocycles. The Hall–Kier alpha value is -1.10. The number of nitrogens with zero attached hydrogens (tertiary/aromatic N) is 1. The summed E-state index contributed by atoms with van der Waals surface area (Å²) < 4.78 is 0. The van der Waals surface area contributed by atoms with Crippen molar-refractivity contribution in [1.82, 2.24) is 4.90 Å². The lowest BCUT2D eigenvalue weighted by molar-refractivity contribution is -0.138. The summed E-state index contributed by atoms with van der Waals surface area (Å²) in [6.45, 7) is 4.19. The third-order valence-corrected chi connectivity index (χ3v) is 2.08. The molecule has 0 rings (SSSR count). The maximum absolute atomic E-state index is 11.6. The van der Waals surface area contributed by atoms with Crippen LogP contribution in [0, 0.1) is 5.92 Å². The van der Waals surface area contributed by atoms with Crippen molar-refractivity contribution in [3.05, 3.63) is 0 Å². The second-order valence-electron chi connectivity index (χ2n) is 4.14. The van der Waals surface area contributed by atoms with Crippen LogP contribution in [0.3, 0.4) is 0 Å². The van der Waals surface area contributed by atoms with E-state index in [0.29, 0.717) is 12.3 Å². The van der Waals surface area contributed by atoms with Crippen LogP contribution < -0.4 is 5.73 Å². The zero-order chi connectivity index (χ0) is 12.0. The van der Waals surface area contributed by atoms with Gasteiger partial charge in [0.2, 0.25) is 5.91 Å². The topological polar surface area (TPSA) is 83.6 Å². The van der Waals surface area contributed by atoms with Crippen LogP contribution in [-0.2, 0) is 9.59 Å². The Morgan fingerprint density at radius 3 is 2.33 bits per heavy atom. The van der Waals surface area contributed by atoms with Crippen molar-refractivity contribution in [3.8, 4) is 0 Å². The standard InChI is InChI=1S/C10H20N2O3/c1-7(2)6-8(11)10(15)12(3)5-4-9(13)14/h7-8H,4-6,11H2,1-3H3,(H,13,14)/t8-/m1/s1. The molecule has 5 nitrogen and oxygen atoms in total. The minimum Gasteiger partial charge on any atom is -0.481 e. The number of carbonyl (C=O) groups is 2. The van der Waals surface area contributed by atoms with E-state index in [9.17, 15) is 9.59 Å². The number of rotatable bonds is 6. The van der Waals surface area contributed by atoms with Gasteiger partial charge in [-0.2, -0.15) is 0 Å². The Labute approximate surface area is 90.2 Å². The molecule has 0 aliphatic heterocycles. The lowest BCUT2D eigenvalue weighted by Crippen LogP contribution is -2.43. The van der Waals surface area contributed by atoms with E-state index in [0.717, 1.165) is 0 Å². The van der Waals surface area contributed by atoms with Gasteiger partial charge in [0.1, 0.15) is 0 Å². The summed E-state index contributed by atoms with van der Waals surface area (Å²) >= 11 is 0. The largest absolute Gasteiger partial charge is 0.481 e. The molecule has 0 aliphatic rings. The Morgan fingerprint density at radius 1 is 1.40 bits per heavy atom. The highest BCUT2D eigenvalue weighted by atomic mass is 16.4. The third-order valence-electron chi connectivity index (χ3n) is 2.08. The molecule has 1 amide bonds. The molecule has 0 aromatic heterocycles. The fourth-order valence-corrected chi connectivity index (χ4v) is 1.27. The van der Waals surface area contributed by atoms with Gasteiger partial charge in [-0.3, -0.25) is 9.59 Å². The lowest BCUT2D eigenvalue weighted by Gasteiger charge is -2.21. The van der Waals surface area contributed by atoms with Crippen molar-refractivity contribution in [1.29, 1.82) is 0 Å². The smallest absolute Gasteiger partial charge is 0.305 e. The first-order valence-corrected chi connectivity index (χ1v) is 5.07. The lowest BCUT2D eigenvalue weighted by atomic mass is 10.0. The van der Waals surface area contributed by atoms with Gasteiger partial charge in [0, 0.05) is 13.6 Å². The zero-order valence-corrected chi connectivity index (χ0v) is 9.56. The van der Waals surface area contributed by atoms with E-state index < -0.39 is 12.0 Å². The highest BCUT2D eigenvalue weighted by Crippen LogP contribution is 2.05. The van der Waals surface area contributed by atoms with Gasteiger partial charge in [-0.05, 0) is 12.3 Å². The van der Waals surface area contributed by atoms with Crippen molar-refractivity contribution >= 4 is 11.9 Å². The van der Waals surface area contributed by atoms with Crippen LogP contribution in [0.15, 0.2) is 0 Å². The number of amides is 1. The van der Waals surface area contributed by atoms with E-state index in [4.69, 9.17) is 10.8 Å². The van der Waals surface area contributed by atoms with Gasteiger partial charge < -0.3 is 15.7 Å². The number of carbonyl (C=O) groups excluding carboxylic acids is 1. The summed E-state index contributed by atoms with van der Waals surface area (Å²) in [7, 11) is 1.57. The molecule has 0 fully saturated rings. The average molecular weight is 216 g/mol. The highest BCUT2D eigenvalue weighted by molar-refractivity contribution is 5.81. The quantitative estimate of drug-likeness (QED) is 0.668. The van der Waals surface area contributed by atoms with Gasteiger partial charge in [-0.15, -0.1) is 0 Å². The molecule has 5 heteroatoms. The highest BCUT2D eigenvalue weighted by Gasteiger charge is 2.19. The summed E-state index contributed by atoms with van der Waals surface area (Å²) in [5.74, 6) is -0.742. The van der Waals surface area contributed by atoms with Crippen LogP contribution in [0.2, 0.25) is 0 Å². The first kappa shape index (κ1) is 13.9. The van der Waals surface area contributed by atoms with E-state index in [-0.39, 0.29) is 18.9 Å². The Balaban J connectivity index is 4.01. The molecule has 0 bridgehead atoms. The Bertz CT molecular complexity index is 229. The Morgan fingerprint density at radius 2 is 1.93 bits per heavy atom. The summed E-state index contributed by atoms with van der Waals surface area (Å²) in [6.07, 6.45) is 0.576. The molecular weight excluding hydrogens is 196 g/mol. The average Bonchev–Trinajstić information content (AvgIpc) is 2.11. The summed E-state index contributed by atoms with van der Waals surface area (Å²) in [5.41, 5.74) is 5.69. The number of likely N-dealkylation sites (N-methyl/N-ethyl adjacent to an activating group) is 1. The van der Waals surface area contributed by atoms with Crippen molar-refractivity contribution in [2.45, 2.75) is 32.7 Å². The van der Waals surface area contributed by atoms with Crippen LogP contribution in [0.25, 0.3) is 0 Å². The molecular formula is C10H20N2O3. The molecule has 3 N–H and O–H groups in total. The maximum Gasteiger partial charge on any atom is 0.305 e. The van der Waals surface area contributed by atoms with E-state index in [1.807, 2.05) is 13.8 Å². The second kappa shape index (κ2) is 6.40. The van der Waals surface area contributed by atoms with Gasteiger partial charge >= 0.3 is 5.97 Å². The van der Waals surface area contributed by atoms with Crippen LogP contribution in [0.4, 0.5) is 0 Å². The molecule has 15 heavy (non-hydrogen) atoms. The molecule has 0 unspecified atom stereocenters. The van der Waals surface area contributed by atoms with Crippen LogP contribution >= 0.6 is 0 Å². The maximum atomic E-state index is 11.6. The normalized spacial score (nSPS) is 12.6. The second-order valence-corrected chi connectivity index (χ2v) is 4.14. The number of aliphatic carboxylic acids is 1. The fraction of sp³-hybridized carbons (Fsp3) is 0.800. The molecule has 0 spiro atoms. The van der Waals surface area contributed by atoms with Crippen LogP contribution in [-0.4, -0.2) is 41.5 Å². The molecule has 0 radical (unpaired) electrons. The van der Waals surface area contributed by atoms with Gasteiger partial charge in [0.25, 0.3) is 0 Å². The van der Waals surface area contributed by atoms with Crippen molar-refractivity contribution in [3.63, 3.8) is 0 Å². The predicted molar refractivity (Wildman–Crippen MR) is 57.3 cm³/mol. The van der Waals surface area contributed by atoms with Crippen LogP contribution in [0.5, 0.6) is 0 Å². The monoisotopic (exact) mass is 216 g/mol. The number of hydrogen-bond donors (Lipinski definition) is 2. The SMILES string of the molecule is CC(C)C[C@@H](N)C(=O)N(C)CCC(=O)O. The predicted octanol–water partition coefficient (Wildman–Crippen LogP) is 0.293. The van der Waals surface area contributed by atoms with Gasteiger partial charge in [0.05, 0.1) is 12.5 Å². The van der Waals surface area contributed by atoms with Crippen molar-refractivity contribution in [2.75, 3.05) is 13.6 Å². The van der Waals surface area contributed by atoms with Crippen LogP contribution in [0.1, 0.15) is 26.7 Å². The first-order chi connectivity index (χ1) is 6.84. The van der Waals surface area contributed by atoms with Gasteiger partial charge in [0.15, 0.2) is 0 Å². The Kier molecular flexibility index (Phi) is 5.93. The van der Waals surface area contributed by atoms with E-state index in [2.05, 4.69) is 0 Å². The van der Waals surface area contributed by atoms with Gasteiger partial charge in [-0.1, -0.05) is 13.8 Å². The summed E-state index contributed by atoms with van der Waals surface area (Å²) in [5, 5.41) is 8.46. The zero-order valence-electron chi connectivity index (χ0n) is 9.56. The summed E-state index contributed by atoms with van der Waals surface area (Å²) in [6, 6.07) is -0.524. The van der Waals surface area contributed by atoms with E-state index >= 15 is 0 Å². The number of carboxylic acids is 1. The molecule has 1 atom stereocenters. The first-order valence-electron chi connectivity index (χ1n) is 5.07. The number of nitrogens with two attached hydrogens (primary N) is 1. The van der Waals surface area contributed by atoms with Crippen molar-refractivity contribution < 1.29 is 14.7 Å². The fourth-order valence-electron chi connectivity index (χ4n) is 1.27. The number of carboxylic acid groups (broad SMARTS) is 1. The molecule has 0 saturated heterocycles. The minimum absolute atomic E-state index is 0.0450. The molecule has 0 aromatic rings. The minimum atomic E-state index is -0.910. The van der Waals surface area contributed by atoms with Crippen molar-refractivity contribution in [2.24, 2.45) is 11.7 Å². The molecule has 0 aliphatic carbocycles. The molecule has 0 heterocycles. The van der Waals surface area contributed by atoms with Gasteiger partial charge in [-0.25, -0.2) is 0 Å². The molecule has 0 saturated carbocycles.